The number of benzene rings is 3. The third-order valence-corrected chi connectivity index (χ3v) is 4.83. The van der Waals surface area contributed by atoms with E-state index < -0.39 is 11.7 Å². The van der Waals surface area contributed by atoms with Crippen molar-refractivity contribution >= 4 is 44.3 Å². The molecule has 0 saturated heterocycles. The maximum Gasteiger partial charge on any atom is 0.256 e. The van der Waals surface area contributed by atoms with Crippen LogP contribution >= 0.6 is 15.9 Å². The molecule has 2 N–H and O–H groups in total. The van der Waals surface area contributed by atoms with Gasteiger partial charge in [-0.25, -0.2) is 9.37 Å². The van der Waals surface area contributed by atoms with E-state index in [1.165, 1.54) is 18.2 Å². The Kier molecular flexibility index (Phi) is 4.75. The molecule has 3 aromatic carbocycles. The lowest BCUT2D eigenvalue weighted by molar-refractivity contribution is 0.0996. The summed E-state index contributed by atoms with van der Waals surface area (Å²) in [6, 6.07) is 15.7. The van der Waals surface area contributed by atoms with Gasteiger partial charge in [-0.3, -0.25) is 9.59 Å². The van der Waals surface area contributed by atoms with Crippen LogP contribution in [0.5, 0.6) is 0 Å². The fourth-order valence-corrected chi connectivity index (χ4v) is 3.21. The maximum atomic E-state index is 13.4. The van der Waals surface area contributed by atoms with E-state index in [4.69, 9.17) is 0 Å². The average molecular weight is 437 g/mol. The van der Waals surface area contributed by atoms with Gasteiger partial charge in [0.05, 0.1) is 21.1 Å². The molecule has 7 heteroatoms. The number of ketones is 1. The Morgan fingerprint density at radius 1 is 1.04 bits per heavy atom. The van der Waals surface area contributed by atoms with Crippen molar-refractivity contribution in [1.82, 2.24) is 9.97 Å². The van der Waals surface area contributed by atoms with Crippen LogP contribution in [0.2, 0.25) is 0 Å². The summed E-state index contributed by atoms with van der Waals surface area (Å²) in [5.41, 5.74) is 2.71. The number of aromatic nitrogens is 2. The zero-order chi connectivity index (χ0) is 19.7. The lowest BCUT2D eigenvalue weighted by Crippen LogP contribution is -2.17. The van der Waals surface area contributed by atoms with Crippen molar-refractivity contribution in [2.24, 2.45) is 0 Å². The van der Waals surface area contributed by atoms with Gasteiger partial charge in [0.25, 0.3) is 5.91 Å². The Morgan fingerprint density at radius 2 is 1.82 bits per heavy atom. The zero-order valence-electron chi connectivity index (χ0n) is 14.3. The molecular formula is C21H12BrFN3O2. The lowest BCUT2D eigenvalue weighted by atomic mass is 9.97. The van der Waals surface area contributed by atoms with Crippen LogP contribution in [-0.4, -0.2) is 21.7 Å². The van der Waals surface area contributed by atoms with Crippen LogP contribution < -0.4 is 5.32 Å². The van der Waals surface area contributed by atoms with Gasteiger partial charge in [0.2, 0.25) is 0 Å². The van der Waals surface area contributed by atoms with Gasteiger partial charge in [0, 0.05) is 16.8 Å². The normalized spacial score (nSPS) is 10.8. The summed E-state index contributed by atoms with van der Waals surface area (Å²) in [5, 5.41) is 2.69. The molecule has 137 valence electrons. The summed E-state index contributed by atoms with van der Waals surface area (Å²) in [4.78, 5) is 32.6. The maximum absolute atomic E-state index is 13.4. The van der Waals surface area contributed by atoms with Crippen LogP contribution in [0, 0.1) is 12.1 Å². The smallest absolute Gasteiger partial charge is 0.256 e. The number of carbonyl (C=O) groups excluding carboxylic acids is 2. The Hall–Kier alpha value is -3.32. The number of nitrogens with zero attached hydrogens (tertiary/aromatic N) is 1. The number of rotatable bonds is 4. The third kappa shape index (κ3) is 3.44. The molecule has 1 heterocycles. The second-order valence-electron chi connectivity index (χ2n) is 6.04. The second kappa shape index (κ2) is 7.36. The summed E-state index contributed by atoms with van der Waals surface area (Å²) in [6.07, 6.45) is 2.63. The number of hydrogen-bond donors (Lipinski definition) is 2. The summed E-state index contributed by atoms with van der Waals surface area (Å²) < 4.78 is 13.6. The molecule has 0 bridgehead atoms. The Labute approximate surface area is 167 Å². The number of imidazole rings is 1. The highest BCUT2D eigenvalue weighted by molar-refractivity contribution is 9.10. The van der Waals surface area contributed by atoms with Crippen LogP contribution in [-0.2, 0) is 0 Å². The largest absolute Gasteiger partial charge is 0.335 e. The number of fused-ring (bicyclic) bond motifs is 1. The molecule has 0 aliphatic rings. The number of hydrogen-bond acceptors (Lipinski definition) is 3. The van der Waals surface area contributed by atoms with Gasteiger partial charge in [-0.1, -0.05) is 18.2 Å². The molecule has 0 unspecified atom stereocenters. The van der Waals surface area contributed by atoms with Crippen molar-refractivity contribution in [1.29, 1.82) is 0 Å². The van der Waals surface area contributed by atoms with E-state index in [9.17, 15) is 14.0 Å². The van der Waals surface area contributed by atoms with E-state index in [1.807, 2.05) is 0 Å². The fraction of sp³-hybridized carbons (Fsp3) is 0. The van der Waals surface area contributed by atoms with E-state index in [0.29, 0.717) is 22.3 Å². The molecular weight excluding hydrogens is 425 g/mol. The van der Waals surface area contributed by atoms with E-state index in [-0.39, 0.29) is 21.4 Å². The minimum atomic E-state index is -0.460. The predicted octanol–water partition coefficient (Wildman–Crippen LogP) is 4.75. The highest BCUT2D eigenvalue weighted by Gasteiger charge is 2.19. The molecule has 28 heavy (non-hydrogen) atoms. The van der Waals surface area contributed by atoms with E-state index in [1.54, 1.807) is 42.5 Å². The second-order valence-corrected chi connectivity index (χ2v) is 6.89. The zero-order valence-corrected chi connectivity index (χ0v) is 15.9. The molecule has 1 amide bonds. The van der Waals surface area contributed by atoms with Gasteiger partial charge in [0.15, 0.2) is 12.1 Å². The van der Waals surface area contributed by atoms with Crippen molar-refractivity contribution in [3.63, 3.8) is 0 Å². The summed E-state index contributed by atoms with van der Waals surface area (Å²) >= 11 is 3.09. The third-order valence-electron chi connectivity index (χ3n) is 4.22. The van der Waals surface area contributed by atoms with Crippen molar-refractivity contribution < 1.29 is 14.0 Å². The number of anilines is 1. The minimum Gasteiger partial charge on any atom is -0.335 e. The van der Waals surface area contributed by atoms with E-state index in [2.05, 4.69) is 37.5 Å². The fourth-order valence-electron chi connectivity index (χ4n) is 2.83. The first kappa shape index (κ1) is 18.1. The van der Waals surface area contributed by atoms with Crippen LogP contribution in [0.25, 0.3) is 11.0 Å². The number of nitrogens with one attached hydrogen (secondary N) is 2. The molecule has 4 rings (SSSR count). The highest BCUT2D eigenvalue weighted by atomic mass is 79.9. The first-order chi connectivity index (χ1) is 13.5. The topological polar surface area (TPSA) is 74.8 Å². The number of amides is 1. The van der Waals surface area contributed by atoms with E-state index >= 15 is 0 Å². The summed E-state index contributed by atoms with van der Waals surface area (Å²) in [6.45, 7) is 0. The van der Waals surface area contributed by atoms with Gasteiger partial charge in [-0.15, -0.1) is 0 Å². The lowest BCUT2D eigenvalue weighted by Gasteiger charge is -2.10. The standard InChI is InChI=1S/C21H12BrFN3O2/c22-16-10-13(6-7-17(16)23)26-21(28)15-4-2-1-3-14(15)20(27)12-5-8-18-19(9-12)25-11-24-18/h1-10H,(H,24,25)(H,26,28). The molecule has 5 nitrogen and oxygen atoms in total. The predicted molar refractivity (Wildman–Crippen MR) is 107 cm³/mol. The van der Waals surface area contributed by atoms with Gasteiger partial charge in [-0.2, -0.15) is 0 Å². The van der Waals surface area contributed by atoms with Crippen LogP contribution in [0.3, 0.4) is 0 Å². The average Bonchev–Trinajstić information content (AvgIpc) is 3.18. The Morgan fingerprint density at radius 3 is 2.61 bits per heavy atom. The Balaban J connectivity index is 1.66. The molecule has 1 radical (unpaired) electrons. The van der Waals surface area contributed by atoms with Crippen molar-refractivity contribution in [3.8, 4) is 0 Å². The summed E-state index contributed by atoms with van der Waals surface area (Å²) in [5.74, 6) is -1.18. The van der Waals surface area contributed by atoms with Gasteiger partial charge in [0.1, 0.15) is 5.82 Å². The number of carbonyl (C=O) groups is 2. The molecule has 0 atom stereocenters. The van der Waals surface area contributed by atoms with Crippen molar-refractivity contribution in [3.05, 3.63) is 94.0 Å². The molecule has 1 aromatic heterocycles. The molecule has 0 saturated carbocycles. The summed E-state index contributed by atoms with van der Waals surface area (Å²) in [7, 11) is 0. The van der Waals surface area contributed by atoms with Crippen molar-refractivity contribution in [2.45, 2.75) is 0 Å². The first-order valence-corrected chi connectivity index (χ1v) is 9.08. The number of H-pyrrole nitrogens is 1. The highest BCUT2D eigenvalue weighted by Crippen LogP contribution is 2.22. The first-order valence-electron chi connectivity index (χ1n) is 8.29. The number of aromatic amines is 1. The minimum absolute atomic E-state index is 0.226. The molecule has 0 fully saturated rings. The van der Waals surface area contributed by atoms with Gasteiger partial charge >= 0.3 is 0 Å². The van der Waals surface area contributed by atoms with Gasteiger partial charge < -0.3 is 10.3 Å². The Bertz CT molecular complexity index is 1220. The van der Waals surface area contributed by atoms with Crippen LogP contribution in [0.1, 0.15) is 26.3 Å². The molecule has 0 spiro atoms. The van der Waals surface area contributed by atoms with Crippen LogP contribution in [0.4, 0.5) is 10.1 Å². The number of halogens is 2. The quantitative estimate of drug-likeness (QED) is 0.453. The van der Waals surface area contributed by atoms with E-state index in [0.717, 1.165) is 0 Å². The van der Waals surface area contributed by atoms with Gasteiger partial charge in [-0.05, 0) is 58.4 Å². The van der Waals surface area contributed by atoms with Crippen LogP contribution in [0.15, 0.2) is 65.1 Å². The molecule has 0 aliphatic carbocycles. The monoisotopic (exact) mass is 436 g/mol. The molecule has 4 aromatic rings. The molecule has 0 aliphatic heterocycles. The van der Waals surface area contributed by atoms with Crippen molar-refractivity contribution in [2.75, 3.05) is 5.32 Å². The SMILES string of the molecule is O=C(Nc1ccc(F)c(Br)c1)c1ccccc1C(=O)c1ccc2n[c][nH]c2c1.